The fraction of sp³-hybridized carbons (Fsp3) is 0.467. The molecule has 0 aliphatic rings. The summed E-state index contributed by atoms with van der Waals surface area (Å²) in [7, 11) is 0. The van der Waals surface area contributed by atoms with E-state index in [1.54, 1.807) is 18.2 Å². The molecule has 0 saturated carbocycles. The summed E-state index contributed by atoms with van der Waals surface area (Å²) < 4.78 is 13.4. The smallest absolute Gasteiger partial charge is 0.326 e. The van der Waals surface area contributed by atoms with Gasteiger partial charge in [0, 0.05) is 6.54 Å². The Balaban J connectivity index is 2.36. The van der Waals surface area contributed by atoms with Crippen LogP contribution in [0.4, 0.5) is 9.18 Å². The van der Waals surface area contributed by atoms with Crippen molar-refractivity contribution in [3.8, 4) is 0 Å². The summed E-state index contributed by atoms with van der Waals surface area (Å²) in [6.07, 6.45) is 2.34. The lowest BCUT2D eigenvalue weighted by Gasteiger charge is -2.14. The topological polar surface area (TPSA) is 78.4 Å². The van der Waals surface area contributed by atoms with E-state index in [-0.39, 0.29) is 12.4 Å². The van der Waals surface area contributed by atoms with Crippen molar-refractivity contribution >= 4 is 12.0 Å². The molecule has 1 atom stereocenters. The molecule has 0 bridgehead atoms. The Hall–Kier alpha value is -2.11. The van der Waals surface area contributed by atoms with Crippen LogP contribution < -0.4 is 10.6 Å². The standard InChI is InChI=1S/C15H21FN2O3/c1-2-3-8-13(14(19)20)18-15(21)17-10-9-11-6-4-5-7-12(11)16/h4-7,13H,2-3,8-10H2,1H3,(H,19,20)(H2,17,18,21). The van der Waals surface area contributed by atoms with E-state index in [4.69, 9.17) is 5.11 Å². The number of rotatable bonds is 8. The summed E-state index contributed by atoms with van der Waals surface area (Å²) in [5.41, 5.74) is 0.513. The van der Waals surface area contributed by atoms with Gasteiger partial charge in [-0.15, -0.1) is 0 Å². The first-order chi connectivity index (χ1) is 10.0. The Morgan fingerprint density at radius 1 is 1.33 bits per heavy atom. The first-order valence-electron chi connectivity index (χ1n) is 7.05. The maximum absolute atomic E-state index is 13.4. The average molecular weight is 296 g/mol. The van der Waals surface area contributed by atoms with E-state index in [1.165, 1.54) is 6.07 Å². The van der Waals surface area contributed by atoms with Gasteiger partial charge in [-0.25, -0.2) is 14.0 Å². The number of carboxylic acid groups (broad SMARTS) is 1. The Labute approximate surface area is 123 Å². The third-order valence-corrected chi connectivity index (χ3v) is 3.09. The maximum Gasteiger partial charge on any atom is 0.326 e. The third-order valence-electron chi connectivity index (χ3n) is 3.09. The van der Waals surface area contributed by atoms with Crippen LogP contribution in [0.2, 0.25) is 0 Å². The highest BCUT2D eigenvalue weighted by Gasteiger charge is 2.18. The second-order valence-electron chi connectivity index (χ2n) is 4.77. The van der Waals surface area contributed by atoms with Crippen molar-refractivity contribution in [1.29, 1.82) is 0 Å². The van der Waals surface area contributed by atoms with Crippen LogP contribution in [0, 0.1) is 5.82 Å². The number of benzene rings is 1. The van der Waals surface area contributed by atoms with Crippen molar-refractivity contribution in [2.75, 3.05) is 6.54 Å². The van der Waals surface area contributed by atoms with Gasteiger partial charge in [-0.05, 0) is 24.5 Å². The van der Waals surface area contributed by atoms with Gasteiger partial charge in [0.25, 0.3) is 0 Å². The van der Waals surface area contributed by atoms with E-state index in [0.717, 1.165) is 12.8 Å². The number of nitrogens with one attached hydrogen (secondary N) is 2. The molecule has 5 nitrogen and oxygen atoms in total. The molecule has 2 amide bonds. The molecule has 0 fully saturated rings. The van der Waals surface area contributed by atoms with Gasteiger partial charge in [0.2, 0.25) is 0 Å². The van der Waals surface area contributed by atoms with Gasteiger partial charge in [0.1, 0.15) is 11.9 Å². The lowest BCUT2D eigenvalue weighted by atomic mass is 10.1. The monoisotopic (exact) mass is 296 g/mol. The Bertz CT molecular complexity index is 480. The summed E-state index contributed by atoms with van der Waals surface area (Å²) in [4.78, 5) is 22.6. The molecule has 0 spiro atoms. The van der Waals surface area contributed by atoms with Gasteiger partial charge in [-0.1, -0.05) is 38.0 Å². The molecule has 0 saturated heterocycles. The predicted octanol–water partition coefficient (Wildman–Crippen LogP) is 2.31. The minimum Gasteiger partial charge on any atom is -0.480 e. The number of hydrogen-bond acceptors (Lipinski definition) is 2. The molecule has 0 aliphatic carbocycles. The molecular weight excluding hydrogens is 275 g/mol. The lowest BCUT2D eigenvalue weighted by molar-refractivity contribution is -0.139. The molecule has 0 aliphatic heterocycles. The largest absolute Gasteiger partial charge is 0.480 e. The van der Waals surface area contributed by atoms with Crippen molar-refractivity contribution in [1.82, 2.24) is 10.6 Å². The predicted molar refractivity (Wildman–Crippen MR) is 77.6 cm³/mol. The fourth-order valence-electron chi connectivity index (χ4n) is 1.89. The highest BCUT2D eigenvalue weighted by atomic mass is 19.1. The number of hydrogen-bond donors (Lipinski definition) is 3. The molecule has 0 heterocycles. The van der Waals surface area contributed by atoms with Crippen molar-refractivity contribution in [2.24, 2.45) is 0 Å². The maximum atomic E-state index is 13.4. The number of carbonyl (C=O) groups excluding carboxylic acids is 1. The molecule has 1 aromatic rings. The van der Waals surface area contributed by atoms with Crippen LogP contribution in [0.25, 0.3) is 0 Å². The number of amides is 2. The summed E-state index contributed by atoms with van der Waals surface area (Å²) in [5, 5.41) is 13.9. The van der Waals surface area contributed by atoms with Crippen LogP contribution in [0.5, 0.6) is 0 Å². The Kier molecular flexibility index (Phi) is 7.21. The van der Waals surface area contributed by atoms with E-state index >= 15 is 0 Å². The number of halogens is 1. The summed E-state index contributed by atoms with van der Waals surface area (Å²) in [6, 6.07) is 4.90. The van der Waals surface area contributed by atoms with Crippen LogP contribution >= 0.6 is 0 Å². The van der Waals surface area contributed by atoms with E-state index in [1.807, 2.05) is 6.92 Å². The van der Waals surface area contributed by atoms with E-state index in [0.29, 0.717) is 18.4 Å². The number of urea groups is 1. The zero-order valence-electron chi connectivity index (χ0n) is 12.1. The molecule has 1 rings (SSSR count). The Morgan fingerprint density at radius 2 is 2.05 bits per heavy atom. The summed E-state index contributed by atoms with van der Waals surface area (Å²) >= 11 is 0. The second kappa shape index (κ2) is 8.94. The lowest BCUT2D eigenvalue weighted by Crippen LogP contribution is -2.46. The zero-order chi connectivity index (χ0) is 15.7. The number of aliphatic carboxylic acids is 1. The van der Waals surface area contributed by atoms with Crippen molar-refractivity contribution in [2.45, 2.75) is 38.6 Å². The minimum absolute atomic E-state index is 0.243. The normalized spacial score (nSPS) is 11.7. The highest BCUT2D eigenvalue weighted by molar-refractivity contribution is 5.82. The third kappa shape index (κ3) is 6.25. The van der Waals surface area contributed by atoms with Crippen molar-refractivity contribution < 1.29 is 19.1 Å². The second-order valence-corrected chi connectivity index (χ2v) is 4.77. The quantitative estimate of drug-likeness (QED) is 0.689. The van der Waals surface area contributed by atoms with Gasteiger partial charge in [0.15, 0.2) is 0 Å². The number of carbonyl (C=O) groups is 2. The molecular formula is C15H21FN2O3. The first-order valence-corrected chi connectivity index (χ1v) is 7.05. The first kappa shape index (κ1) is 16.9. The summed E-state index contributed by atoms with van der Waals surface area (Å²) in [5.74, 6) is -1.36. The van der Waals surface area contributed by atoms with Gasteiger partial charge in [-0.2, -0.15) is 0 Å². The average Bonchev–Trinajstić information content (AvgIpc) is 2.45. The molecule has 21 heavy (non-hydrogen) atoms. The number of carboxylic acids is 1. The van der Waals surface area contributed by atoms with Crippen molar-refractivity contribution in [3.05, 3.63) is 35.6 Å². The van der Waals surface area contributed by atoms with Crippen LogP contribution in [0.15, 0.2) is 24.3 Å². The van der Waals surface area contributed by atoms with Gasteiger partial charge in [-0.3, -0.25) is 0 Å². The van der Waals surface area contributed by atoms with E-state index in [2.05, 4.69) is 10.6 Å². The van der Waals surface area contributed by atoms with Gasteiger partial charge in [0.05, 0.1) is 0 Å². The molecule has 0 aromatic heterocycles. The van der Waals surface area contributed by atoms with Crippen LogP contribution in [-0.2, 0) is 11.2 Å². The minimum atomic E-state index is -1.05. The zero-order valence-corrected chi connectivity index (χ0v) is 12.1. The highest BCUT2D eigenvalue weighted by Crippen LogP contribution is 2.06. The van der Waals surface area contributed by atoms with Crippen LogP contribution in [0.1, 0.15) is 31.7 Å². The van der Waals surface area contributed by atoms with E-state index < -0.39 is 18.0 Å². The molecule has 0 radical (unpaired) electrons. The van der Waals surface area contributed by atoms with Crippen LogP contribution in [0.3, 0.4) is 0 Å². The van der Waals surface area contributed by atoms with Crippen molar-refractivity contribution in [3.63, 3.8) is 0 Å². The Morgan fingerprint density at radius 3 is 2.67 bits per heavy atom. The molecule has 6 heteroatoms. The molecule has 116 valence electrons. The van der Waals surface area contributed by atoms with E-state index in [9.17, 15) is 14.0 Å². The molecule has 1 unspecified atom stereocenters. The van der Waals surface area contributed by atoms with Gasteiger partial charge < -0.3 is 15.7 Å². The number of unbranched alkanes of at least 4 members (excludes halogenated alkanes) is 1. The summed E-state index contributed by atoms with van der Waals surface area (Å²) in [6.45, 7) is 2.19. The SMILES string of the molecule is CCCCC(NC(=O)NCCc1ccccc1F)C(=O)O. The van der Waals surface area contributed by atoms with Gasteiger partial charge >= 0.3 is 12.0 Å². The molecule has 3 N–H and O–H groups in total. The fourth-order valence-corrected chi connectivity index (χ4v) is 1.89. The molecule has 1 aromatic carbocycles. The van der Waals surface area contributed by atoms with Crippen LogP contribution in [-0.4, -0.2) is 29.7 Å².